The molecule has 1 unspecified atom stereocenters. The second-order valence-corrected chi connectivity index (χ2v) is 11.0. The number of aryl methyl sites for hydroxylation is 1. The molecule has 1 aromatic heterocycles. The summed E-state index contributed by atoms with van der Waals surface area (Å²) in [4.78, 5) is 41.2. The van der Waals surface area contributed by atoms with Crippen LogP contribution in [-0.2, 0) is 40.2 Å². The lowest BCUT2D eigenvalue weighted by atomic mass is 9.83. The zero-order chi connectivity index (χ0) is 28.1. The Morgan fingerprint density at radius 3 is 2.67 bits per heavy atom. The number of carbonyl (C=O) groups excluding carboxylic acids is 3. The molecule has 0 radical (unpaired) electrons. The third kappa shape index (κ3) is 5.77. The van der Waals surface area contributed by atoms with E-state index in [1.54, 1.807) is 11.1 Å². The first-order chi connectivity index (χ1) is 19.4. The number of nitrogens with zero attached hydrogens (tertiary/aromatic N) is 3. The van der Waals surface area contributed by atoms with Crippen molar-refractivity contribution in [1.29, 1.82) is 0 Å². The zero-order valence-corrected chi connectivity index (χ0v) is 22.9. The van der Waals surface area contributed by atoms with Crippen molar-refractivity contribution in [3.63, 3.8) is 0 Å². The molecule has 5 N–H and O–H groups in total. The molecular weight excluding hydrogens is 506 g/mol. The van der Waals surface area contributed by atoms with Crippen molar-refractivity contribution in [3.05, 3.63) is 77.1 Å². The molecule has 0 saturated carbocycles. The van der Waals surface area contributed by atoms with Crippen LogP contribution in [0.5, 0.6) is 0 Å². The molecular formula is C30H37N7O3. The number of nitrogens with two attached hydrogens (primary N) is 1. The number of para-hydroxylation sites is 1. The van der Waals surface area contributed by atoms with E-state index < -0.39 is 11.4 Å². The Bertz CT molecular complexity index is 1340. The summed E-state index contributed by atoms with van der Waals surface area (Å²) in [5, 5.41) is 17.0. The van der Waals surface area contributed by atoms with E-state index in [0.717, 1.165) is 40.9 Å². The lowest BCUT2D eigenvalue weighted by Gasteiger charge is -2.37. The number of aromatic amines is 1. The van der Waals surface area contributed by atoms with Crippen LogP contribution in [0.25, 0.3) is 0 Å². The number of hydrogen-bond donors (Lipinski definition) is 4. The maximum Gasteiger partial charge on any atom is 0.244 e. The van der Waals surface area contributed by atoms with Crippen LogP contribution in [-0.4, -0.2) is 51.3 Å². The van der Waals surface area contributed by atoms with Gasteiger partial charge in [-0.15, -0.1) is 5.10 Å². The van der Waals surface area contributed by atoms with Crippen molar-refractivity contribution < 1.29 is 14.4 Å². The van der Waals surface area contributed by atoms with Crippen LogP contribution in [0, 0.1) is 5.92 Å². The van der Waals surface area contributed by atoms with E-state index >= 15 is 0 Å². The van der Waals surface area contributed by atoms with Crippen molar-refractivity contribution in [2.75, 3.05) is 11.4 Å². The van der Waals surface area contributed by atoms with Gasteiger partial charge in [-0.05, 0) is 48.3 Å². The minimum Gasteiger partial charge on any atom is -0.368 e. The van der Waals surface area contributed by atoms with E-state index in [1.165, 1.54) is 0 Å². The highest BCUT2D eigenvalue weighted by Gasteiger charge is 2.52. The molecule has 10 heteroatoms. The summed E-state index contributed by atoms with van der Waals surface area (Å²) in [7, 11) is 0. The summed E-state index contributed by atoms with van der Waals surface area (Å²) >= 11 is 0. The van der Waals surface area contributed by atoms with Crippen molar-refractivity contribution >= 4 is 23.4 Å². The number of primary amides is 1. The van der Waals surface area contributed by atoms with Gasteiger partial charge in [0.1, 0.15) is 5.54 Å². The predicted octanol–water partition coefficient (Wildman–Crippen LogP) is 2.19. The van der Waals surface area contributed by atoms with E-state index in [9.17, 15) is 14.4 Å². The molecule has 10 nitrogen and oxygen atoms in total. The first kappa shape index (κ1) is 27.5. The highest BCUT2D eigenvalue weighted by Crippen LogP contribution is 2.46. The van der Waals surface area contributed by atoms with Gasteiger partial charge in [-0.3, -0.25) is 24.4 Å². The molecule has 3 amide bonds. The number of aromatic nitrogens is 3. The number of benzene rings is 2. The van der Waals surface area contributed by atoms with E-state index in [1.807, 2.05) is 48.5 Å². The molecule has 0 aliphatic carbocycles. The molecule has 0 bridgehead atoms. The molecule has 2 aliphatic heterocycles. The number of anilines is 1. The lowest BCUT2D eigenvalue weighted by Crippen LogP contribution is -2.59. The average Bonchev–Trinajstić information content (AvgIpc) is 3.54. The van der Waals surface area contributed by atoms with Gasteiger partial charge in [0.15, 0.2) is 0 Å². The van der Waals surface area contributed by atoms with Crippen LogP contribution >= 0.6 is 0 Å². The predicted molar refractivity (Wildman–Crippen MR) is 151 cm³/mol. The standard InChI is InChI=1S/C30H37N7O3/c1-20(25(19-32-17-24-18-33-36-35-24)34-26(38)15-21-7-3-2-4-8-21)13-14-30(29(31)40)16-23-11-5-9-22-10-6-12-27(39)37(30)28(22)23/h2-5,7-9,11,18,20,25,32H,6,10,12-17,19H2,1H3,(H2,31,40)(H,34,38)(H,33,35,36)/t20-,25+,30?/m0/s1. The Kier molecular flexibility index (Phi) is 8.25. The van der Waals surface area contributed by atoms with Crippen molar-refractivity contribution in [2.45, 2.75) is 70.0 Å². The van der Waals surface area contributed by atoms with Crippen LogP contribution in [0.4, 0.5) is 5.69 Å². The molecule has 3 atom stereocenters. The van der Waals surface area contributed by atoms with Gasteiger partial charge in [0.25, 0.3) is 0 Å². The van der Waals surface area contributed by atoms with Gasteiger partial charge in [0.05, 0.1) is 17.8 Å². The molecule has 40 heavy (non-hydrogen) atoms. The number of hydrogen-bond acceptors (Lipinski definition) is 6. The van der Waals surface area contributed by atoms with Crippen molar-refractivity contribution in [2.24, 2.45) is 11.7 Å². The summed E-state index contributed by atoms with van der Waals surface area (Å²) in [5.74, 6) is -0.606. The lowest BCUT2D eigenvalue weighted by molar-refractivity contribution is -0.128. The van der Waals surface area contributed by atoms with Gasteiger partial charge >= 0.3 is 0 Å². The molecule has 0 saturated heterocycles. The number of H-pyrrole nitrogens is 1. The van der Waals surface area contributed by atoms with Crippen LogP contribution < -0.4 is 21.3 Å². The van der Waals surface area contributed by atoms with Gasteiger partial charge in [-0.1, -0.05) is 60.7 Å². The van der Waals surface area contributed by atoms with Crippen molar-refractivity contribution in [1.82, 2.24) is 26.0 Å². The summed E-state index contributed by atoms with van der Waals surface area (Å²) in [5.41, 5.74) is 9.67. The highest BCUT2D eigenvalue weighted by atomic mass is 16.2. The van der Waals surface area contributed by atoms with Crippen LogP contribution in [0.3, 0.4) is 0 Å². The van der Waals surface area contributed by atoms with Gasteiger partial charge in [-0.2, -0.15) is 0 Å². The third-order valence-corrected chi connectivity index (χ3v) is 8.27. The second-order valence-electron chi connectivity index (χ2n) is 11.0. The minimum atomic E-state index is -1.11. The fourth-order valence-corrected chi connectivity index (χ4v) is 6.08. The smallest absolute Gasteiger partial charge is 0.244 e. The van der Waals surface area contributed by atoms with Crippen LogP contribution in [0.1, 0.15) is 55.0 Å². The Labute approximate surface area is 234 Å². The average molecular weight is 544 g/mol. The van der Waals surface area contributed by atoms with Crippen molar-refractivity contribution in [3.8, 4) is 0 Å². The van der Waals surface area contributed by atoms with Gasteiger partial charge < -0.3 is 16.4 Å². The van der Waals surface area contributed by atoms with Gasteiger partial charge in [0.2, 0.25) is 17.7 Å². The Morgan fingerprint density at radius 2 is 1.93 bits per heavy atom. The number of rotatable bonds is 12. The largest absolute Gasteiger partial charge is 0.368 e. The van der Waals surface area contributed by atoms with Gasteiger partial charge in [0, 0.05) is 38.2 Å². The van der Waals surface area contributed by atoms with Crippen LogP contribution in [0.15, 0.2) is 54.7 Å². The maximum absolute atomic E-state index is 13.4. The fraction of sp³-hybridized carbons (Fsp3) is 0.433. The van der Waals surface area contributed by atoms with E-state index in [-0.39, 0.29) is 30.2 Å². The highest BCUT2D eigenvalue weighted by molar-refractivity contribution is 6.07. The second kappa shape index (κ2) is 12.0. The monoisotopic (exact) mass is 543 g/mol. The van der Waals surface area contributed by atoms with E-state index in [2.05, 4.69) is 33.0 Å². The number of nitrogens with one attached hydrogen (secondary N) is 3. The molecule has 0 spiro atoms. The van der Waals surface area contributed by atoms with E-state index in [0.29, 0.717) is 38.8 Å². The summed E-state index contributed by atoms with van der Waals surface area (Å²) < 4.78 is 0. The molecule has 0 fully saturated rings. The van der Waals surface area contributed by atoms with Crippen LogP contribution in [0.2, 0.25) is 0 Å². The maximum atomic E-state index is 13.4. The summed E-state index contributed by atoms with van der Waals surface area (Å²) in [6, 6.07) is 15.5. The summed E-state index contributed by atoms with van der Waals surface area (Å²) in [6.07, 6.45) is 5.38. The Balaban J connectivity index is 1.32. The number of amides is 3. The quantitative estimate of drug-likeness (QED) is 0.275. The molecule has 3 heterocycles. The topological polar surface area (TPSA) is 146 Å². The minimum absolute atomic E-state index is 0.00831. The molecule has 2 aliphatic rings. The molecule has 3 aromatic rings. The van der Waals surface area contributed by atoms with E-state index in [4.69, 9.17) is 5.73 Å². The van der Waals surface area contributed by atoms with Gasteiger partial charge in [-0.25, -0.2) is 0 Å². The first-order valence-electron chi connectivity index (χ1n) is 14.0. The molecule has 2 aromatic carbocycles. The summed E-state index contributed by atoms with van der Waals surface area (Å²) in [6.45, 7) is 3.07. The third-order valence-electron chi connectivity index (χ3n) is 8.27. The normalized spacial score (nSPS) is 19.5. The number of carbonyl (C=O) groups is 3. The zero-order valence-electron chi connectivity index (χ0n) is 22.9. The first-order valence-corrected chi connectivity index (χ1v) is 14.0. The SMILES string of the molecule is C[C@@H](CCC1(C(N)=O)Cc2cccc3c2N1C(=O)CCC3)[C@@H](CNCc1c[nH]nn1)NC(=O)Cc1ccccc1. The Morgan fingerprint density at radius 1 is 1.12 bits per heavy atom. The Hall–Kier alpha value is -4.05. The molecule has 210 valence electrons. The fourth-order valence-electron chi connectivity index (χ4n) is 6.08. The molecule has 5 rings (SSSR count).